The molecule has 2 N–H and O–H groups in total. The van der Waals surface area contributed by atoms with Crippen molar-refractivity contribution in [3.8, 4) is 5.75 Å². The number of hydrogen-bond donors (Lipinski definition) is 1. The average Bonchev–Trinajstić information content (AvgIpc) is 2.37. The van der Waals surface area contributed by atoms with Crippen LogP contribution >= 0.6 is 0 Å². The minimum atomic E-state index is -5.05. The lowest BCUT2D eigenvalue weighted by atomic mass is 10.1. The number of rotatable bonds is 5. The molecular formula is C11H11F3N2O5. The van der Waals surface area contributed by atoms with Crippen molar-refractivity contribution in [2.45, 2.75) is 18.8 Å². The first-order valence-electron chi connectivity index (χ1n) is 5.50. The van der Waals surface area contributed by atoms with E-state index in [0.29, 0.717) is 0 Å². The van der Waals surface area contributed by atoms with Gasteiger partial charge in [0.25, 0.3) is 0 Å². The van der Waals surface area contributed by atoms with Crippen LogP contribution in [0.1, 0.15) is 5.56 Å². The number of halogens is 3. The summed E-state index contributed by atoms with van der Waals surface area (Å²) < 4.78 is 44.3. The van der Waals surface area contributed by atoms with Crippen molar-refractivity contribution in [2.75, 3.05) is 7.11 Å². The van der Waals surface area contributed by atoms with E-state index >= 15 is 0 Å². The highest BCUT2D eigenvalue weighted by molar-refractivity contribution is 5.75. The number of esters is 1. The molecule has 0 amide bonds. The van der Waals surface area contributed by atoms with E-state index in [-0.39, 0.29) is 12.0 Å². The number of carbonyl (C=O) groups excluding carboxylic acids is 1. The van der Waals surface area contributed by atoms with Crippen molar-refractivity contribution >= 4 is 11.7 Å². The second kappa shape index (κ2) is 6.39. The van der Waals surface area contributed by atoms with Crippen molar-refractivity contribution in [1.29, 1.82) is 0 Å². The van der Waals surface area contributed by atoms with E-state index in [1.54, 1.807) is 0 Å². The molecule has 21 heavy (non-hydrogen) atoms. The van der Waals surface area contributed by atoms with Gasteiger partial charge >= 0.3 is 18.0 Å². The molecule has 1 aromatic carbocycles. The molecule has 0 aromatic heterocycles. The van der Waals surface area contributed by atoms with Gasteiger partial charge in [-0.2, -0.15) is 0 Å². The van der Waals surface area contributed by atoms with E-state index in [1.165, 1.54) is 0 Å². The molecule has 1 rings (SSSR count). The first kappa shape index (κ1) is 16.7. The summed E-state index contributed by atoms with van der Waals surface area (Å²) in [6.07, 6.45) is -5.17. The van der Waals surface area contributed by atoms with Crippen LogP contribution in [0.5, 0.6) is 5.75 Å². The van der Waals surface area contributed by atoms with Gasteiger partial charge in [-0.1, -0.05) is 6.07 Å². The normalized spacial score (nSPS) is 12.6. The maximum absolute atomic E-state index is 12.1. The van der Waals surface area contributed by atoms with E-state index in [2.05, 4.69) is 9.47 Å². The third-order valence-corrected chi connectivity index (χ3v) is 2.41. The first-order valence-corrected chi connectivity index (χ1v) is 5.50. The lowest BCUT2D eigenvalue weighted by Crippen LogP contribution is -2.33. The van der Waals surface area contributed by atoms with Crippen LogP contribution in [0.2, 0.25) is 0 Å². The number of hydrogen-bond acceptors (Lipinski definition) is 6. The molecule has 0 spiro atoms. The smallest absolute Gasteiger partial charge is 0.468 e. The maximum atomic E-state index is 12.1. The maximum Gasteiger partial charge on any atom is 0.573 e. The number of ether oxygens (including phenoxy) is 2. The van der Waals surface area contributed by atoms with Gasteiger partial charge in [-0.05, 0) is 18.1 Å². The average molecular weight is 308 g/mol. The van der Waals surface area contributed by atoms with Crippen LogP contribution in [0.25, 0.3) is 0 Å². The number of benzene rings is 1. The Labute approximate surface area is 116 Å². The predicted octanol–water partition coefficient (Wildman–Crippen LogP) is 1.54. The number of carbonyl (C=O) groups is 1. The van der Waals surface area contributed by atoms with Gasteiger partial charge in [-0.25, -0.2) is 0 Å². The molecular weight excluding hydrogens is 297 g/mol. The van der Waals surface area contributed by atoms with Crippen LogP contribution in [0.15, 0.2) is 18.2 Å². The number of nitro benzene ring substituents is 1. The summed E-state index contributed by atoms with van der Waals surface area (Å²) in [5.74, 6) is -1.68. The largest absolute Gasteiger partial charge is 0.573 e. The Hall–Kier alpha value is -2.36. The topological polar surface area (TPSA) is 105 Å². The monoisotopic (exact) mass is 308 g/mol. The molecule has 0 saturated heterocycles. The van der Waals surface area contributed by atoms with Crippen molar-refractivity contribution in [2.24, 2.45) is 5.73 Å². The highest BCUT2D eigenvalue weighted by atomic mass is 19.4. The molecule has 0 radical (unpaired) electrons. The Balaban J connectivity index is 3.03. The van der Waals surface area contributed by atoms with E-state index in [4.69, 9.17) is 5.73 Å². The SMILES string of the molecule is COC(=O)[C@@H](N)Cc1ccc(OC(F)(F)F)c([N+](=O)[O-])c1. The van der Waals surface area contributed by atoms with E-state index in [0.717, 1.165) is 25.3 Å². The van der Waals surface area contributed by atoms with Gasteiger partial charge in [-0.15, -0.1) is 13.2 Å². The Bertz CT molecular complexity index is 547. The standard InChI is InChI=1S/C11H11F3N2O5/c1-20-10(17)7(15)4-6-2-3-9(21-11(12,13)14)8(5-6)16(18)19/h2-3,5,7H,4,15H2,1H3/t7-/m0/s1. The van der Waals surface area contributed by atoms with Crippen molar-refractivity contribution < 1.29 is 32.4 Å². The van der Waals surface area contributed by atoms with Crippen LogP contribution in [0.4, 0.5) is 18.9 Å². The molecule has 0 fully saturated rings. The number of nitro groups is 1. The fourth-order valence-corrected chi connectivity index (χ4v) is 1.53. The van der Waals surface area contributed by atoms with Crippen LogP contribution in [0.3, 0.4) is 0 Å². The molecule has 7 nitrogen and oxygen atoms in total. The molecule has 0 bridgehead atoms. The second-order valence-corrected chi connectivity index (χ2v) is 3.94. The van der Waals surface area contributed by atoms with Crippen molar-refractivity contribution in [1.82, 2.24) is 0 Å². The molecule has 0 saturated carbocycles. The van der Waals surface area contributed by atoms with Crippen LogP contribution in [-0.2, 0) is 16.0 Å². The van der Waals surface area contributed by atoms with Gasteiger partial charge < -0.3 is 15.2 Å². The molecule has 0 aliphatic heterocycles. The Kier molecular flexibility index (Phi) is 5.08. The summed E-state index contributed by atoms with van der Waals surface area (Å²) in [7, 11) is 1.12. The zero-order valence-electron chi connectivity index (χ0n) is 10.7. The van der Waals surface area contributed by atoms with Gasteiger partial charge in [0.15, 0.2) is 0 Å². The zero-order valence-corrected chi connectivity index (χ0v) is 10.7. The van der Waals surface area contributed by atoms with Gasteiger partial charge in [0.2, 0.25) is 5.75 Å². The van der Waals surface area contributed by atoms with Gasteiger partial charge in [0.1, 0.15) is 6.04 Å². The molecule has 1 atom stereocenters. The summed E-state index contributed by atoms with van der Waals surface area (Å²) in [6, 6.07) is 1.73. The van der Waals surface area contributed by atoms with Gasteiger partial charge in [-0.3, -0.25) is 14.9 Å². The number of methoxy groups -OCH3 is 1. The molecule has 0 heterocycles. The summed E-state index contributed by atoms with van der Waals surface area (Å²) >= 11 is 0. The molecule has 0 unspecified atom stereocenters. The van der Waals surface area contributed by atoms with E-state index in [1.807, 2.05) is 0 Å². The second-order valence-electron chi connectivity index (χ2n) is 3.94. The quantitative estimate of drug-likeness (QED) is 0.502. The van der Waals surface area contributed by atoms with Gasteiger partial charge in [0.05, 0.1) is 12.0 Å². The zero-order chi connectivity index (χ0) is 16.2. The summed E-state index contributed by atoms with van der Waals surface area (Å²) in [4.78, 5) is 20.9. The van der Waals surface area contributed by atoms with Crippen LogP contribution in [0, 0.1) is 10.1 Å². The molecule has 0 aliphatic rings. The molecule has 116 valence electrons. The fourth-order valence-electron chi connectivity index (χ4n) is 1.53. The van der Waals surface area contributed by atoms with Gasteiger partial charge in [0, 0.05) is 6.07 Å². The predicted molar refractivity (Wildman–Crippen MR) is 63.5 cm³/mol. The number of alkyl halides is 3. The Morgan fingerprint density at radius 3 is 2.57 bits per heavy atom. The van der Waals surface area contributed by atoms with Crippen LogP contribution < -0.4 is 10.5 Å². The lowest BCUT2D eigenvalue weighted by Gasteiger charge is -2.12. The third-order valence-electron chi connectivity index (χ3n) is 2.41. The summed E-state index contributed by atoms with van der Waals surface area (Å²) in [5, 5.41) is 10.8. The third kappa shape index (κ3) is 4.91. The highest BCUT2D eigenvalue weighted by Crippen LogP contribution is 2.32. The minimum Gasteiger partial charge on any atom is -0.468 e. The van der Waals surface area contributed by atoms with Crippen molar-refractivity contribution in [3.63, 3.8) is 0 Å². The number of nitrogens with zero attached hydrogens (tertiary/aromatic N) is 1. The molecule has 10 heteroatoms. The van der Waals surface area contributed by atoms with E-state index < -0.39 is 34.7 Å². The lowest BCUT2D eigenvalue weighted by molar-refractivity contribution is -0.388. The van der Waals surface area contributed by atoms with E-state index in [9.17, 15) is 28.1 Å². The first-order chi connectivity index (χ1) is 9.64. The fraction of sp³-hybridized carbons (Fsp3) is 0.364. The molecule has 1 aromatic rings. The Morgan fingerprint density at radius 1 is 1.48 bits per heavy atom. The van der Waals surface area contributed by atoms with Crippen molar-refractivity contribution in [3.05, 3.63) is 33.9 Å². The minimum absolute atomic E-state index is 0.125. The highest BCUT2D eigenvalue weighted by Gasteiger charge is 2.34. The number of nitrogens with two attached hydrogens (primary N) is 1. The Morgan fingerprint density at radius 2 is 2.10 bits per heavy atom. The summed E-state index contributed by atoms with van der Waals surface area (Å²) in [6.45, 7) is 0. The van der Waals surface area contributed by atoms with Crippen LogP contribution in [-0.4, -0.2) is 30.4 Å². The summed E-state index contributed by atoms with van der Waals surface area (Å²) in [5.41, 5.74) is 4.80. The molecule has 0 aliphatic carbocycles.